The van der Waals surface area contributed by atoms with Crippen molar-refractivity contribution >= 4 is 16.5 Å². The molecule has 2 nitrogen and oxygen atoms in total. The number of ether oxygens (including phenoxy) is 1. The Hall–Kier alpha value is -2.48. The Morgan fingerprint density at radius 1 is 0.955 bits per heavy atom. The van der Waals surface area contributed by atoms with E-state index >= 15 is 0 Å². The Labute approximate surface area is 130 Å². The third kappa shape index (κ3) is 2.31. The summed E-state index contributed by atoms with van der Waals surface area (Å²) in [5.41, 5.74) is 4.21. The number of fused-ring (bicyclic) bond motifs is 2. The minimum Gasteiger partial charge on any atom is -0.497 e. The standard InChI is InChI=1S/C20H19NO/c1-22-19-9-8-17-12-15(6-7-18(17)13-19)14-21-11-10-16-4-2-3-5-20(16)21/h2-9,12-13H,10-11,14H2,1H3. The predicted octanol–water partition coefficient (Wildman–Crippen LogP) is 4.41. The zero-order chi connectivity index (χ0) is 14.9. The number of benzene rings is 3. The second-order valence-electron chi connectivity index (χ2n) is 5.85. The zero-order valence-corrected chi connectivity index (χ0v) is 12.8. The molecule has 1 aliphatic heterocycles. The predicted molar refractivity (Wildman–Crippen MR) is 91.7 cm³/mol. The van der Waals surface area contributed by atoms with Gasteiger partial charge in [0.2, 0.25) is 0 Å². The van der Waals surface area contributed by atoms with Crippen molar-refractivity contribution in [1.82, 2.24) is 0 Å². The number of nitrogens with zero attached hydrogens (tertiary/aromatic N) is 1. The third-order valence-corrected chi connectivity index (χ3v) is 4.47. The lowest BCUT2D eigenvalue weighted by atomic mass is 10.1. The van der Waals surface area contributed by atoms with Crippen molar-refractivity contribution in [3.05, 3.63) is 71.8 Å². The summed E-state index contributed by atoms with van der Waals surface area (Å²) < 4.78 is 5.29. The molecule has 0 fully saturated rings. The van der Waals surface area contributed by atoms with Crippen LogP contribution in [0, 0.1) is 0 Å². The van der Waals surface area contributed by atoms with Crippen LogP contribution in [0.25, 0.3) is 10.8 Å². The maximum Gasteiger partial charge on any atom is 0.119 e. The van der Waals surface area contributed by atoms with Gasteiger partial charge < -0.3 is 9.64 Å². The Morgan fingerprint density at radius 2 is 1.77 bits per heavy atom. The largest absolute Gasteiger partial charge is 0.497 e. The van der Waals surface area contributed by atoms with E-state index in [0.717, 1.165) is 25.3 Å². The molecule has 0 aromatic heterocycles. The van der Waals surface area contributed by atoms with Crippen LogP contribution in [0.2, 0.25) is 0 Å². The topological polar surface area (TPSA) is 12.5 Å². The van der Waals surface area contributed by atoms with E-state index < -0.39 is 0 Å². The maximum atomic E-state index is 5.29. The molecule has 0 atom stereocenters. The van der Waals surface area contributed by atoms with Gasteiger partial charge in [-0.2, -0.15) is 0 Å². The molecule has 0 amide bonds. The summed E-state index contributed by atoms with van der Waals surface area (Å²) >= 11 is 0. The fourth-order valence-electron chi connectivity index (χ4n) is 3.29. The molecule has 3 aromatic rings. The van der Waals surface area contributed by atoms with Gasteiger partial charge in [-0.15, -0.1) is 0 Å². The molecule has 0 aliphatic carbocycles. The summed E-state index contributed by atoms with van der Waals surface area (Å²) in [7, 11) is 1.71. The Bertz CT molecular complexity index is 825. The van der Waals surface area contributed by atoms with Gasteiger partial charge in [0.1, 0.15) is 5.75 Å². The van der Waals surface area contributed by atoms with Crippen LogP contribution in [0.5, 0.6) is 5.75 Å². The van der Waals surface area contributed by atoms with E-state index in [9.17, 15) is 0 Å². The van der Waals surface area contributed by atoms with Crippen LogP contribution in [-0.2, 0) is 13.0 Å². The molecule has 0 spiro atoms. The van der Waals surface area contributed by atoms with Crippen LogP contribution < -0.4 is 9.64 Å². The molecule has 0 saturated heterocycles. The Kier molecular flexibility index (Phi) is 3.23. The van der Waals surface area contributed by atoms with Gasteiger partial charge >= 0.3 is 0 Å². The molecule has 0 unspecified atom stereocenters. The first-order valence-corrected chi connectivity index (χ1v) is 7.73. The van der Waals surface area contributed by atoms with E-state index in [4.69, 9.17) is 4.74 Å². The lowest BCUT2D eigenvalue weighted by Gasteiger charge is -2.19. The molecule has 0 N–H and O–H groups in total. The van der Waals surface area contributed by atoms with Crippen LogP contribution in [0.15, 0.2) is 60.7 Å². The van der Waals surface area contributed by atoms with E-state index in [1.807, 2.05) is 6.07 Å². The molecular formula is C20H19NO. The quantitative estimate of drug-likeness (QED) is 0.708. The minimum absolute atomic E-state index is 0.911. The molecule has 4 rings (SSSR count). The summed E-state index contributed by atoms with van der Waals surface area (Å²) in [6, 6.07) is 21.7. The van der Waals surface area contributed by atoms with Crippen LogP contribution >= 0.6 is 0 Å². The lowest BCUT2D eigenvalue weighted by Crippen LogP contribution is -2.19. The lowest BCUT2D eigenvalue weighted by molar-refractivity contribution is 0.415. The number of rotatable bonds is 3. The highest BCUT2D eigenvalue weighted by molar-refractivity contribution is 5.84. The van der Waals surface area contributed by atoms with E-state index in [1.165, 1.54) is 27.6 Å². The first-order chi connectivity index (χ1) is 10.8. The summed E-state index contributed by atoms with van der Waals surface area (Å²) in [5, 5.41) is 2.50. The summed E-state index contributed by atoms with van der Waals surface area (Å²) in [5.74, 6) is 0.911. The van der Waals surface area contributed by atoms with Crippen molar-refractivity contribution < 1.29 is 4.74 Å². The van der Waals surface area contributed by atoms with Crippen molar-refractivity contribution in [1.29, 1.82) is 0 Å². The molecule has 110 valence electrons. The van der Waals surface area contributed by atoms with Crippen LogP contribution in [-0.4, -0.2) is 13.7 Å². The van der Waals surface area contributed by atoms with E-state index in [-0.39, 0.29) is 0 Å². The minimum atomic E-state index is 0.911. The molecule has 2 heteroatoms. The van der Waals surface area contributed by atoms with Crippen LogP contribution in [0.1, 0.15) is 11.1 Å². The van der Waals surface area contributed by atoms with Crippen molar-refractivity contribution in [3.63, 3.8) is 0 Å². The zero-order valence-electron chi connectivity index (χ0n) is 12.8. The van der Waals surface area contributed by atoms with E-state index in [2.05, 4.69) is 59.5 Å². The molecule has 0 bridgehead atoms. The van der Waals surface area contributed by atoms with Crippen molar-refractivity contribution in [2.75, 3.05) is 18.6 Å². The van der Waals surface area contributed by atoms with Crippen molar-refractivity contribution in [2.24, 2.45) is 0 Å². The van der Waals surface area contributed by atoms with E-state index in [0.29, 0.717) is 0 Å². The van der Waals surface area contributed by atoms with Gasteiger partial charge in [-0.25, -0.2) is 0 Å². The average Bonchev–Trinajstić information content (AvgIpc) is 2.97. The van der Waals surface area contributed by atoms with Crippen molar-refractivity contribution in [2.45, 2.75) is 13.0 Å². The third-order valence-electron chi connectivity index (χ3n) is 4.47. The number of methoxy groups -OCH3 is 1. The number of hydrogen-bond acceptors (Lipinski definition) is 2. The number of anilines is 1. The first kappa shape index (κ1) is 13.2. The summed E-state index contributed by atoms with van der Waals surface area (Å²) in [6.45, 7) is 2.08. The van der Waals surface area contributed by atoms with Gasteiger partial charge in [0, 0.05) is 18.8 Å². The second kappa shape index (κ2) is 5.38. The maximum absolute atomic E-state index is 5.29. The van der Waals surface area contributed by atoms with Crippen LogP contribution in [0.4, 0.5) is 5.69 Å². The first-order valence-electron chi connectivity index (χ1n) is 7.73. The second-order valence-corrected chi connectivity index (χ2v) is 5.85. The van der Waals surface area contributed by atoms with Gasteiger partial charge in [-0.05, 0) is 52.6 Å². The van der Waals surface area contributed by atoms with Gasteiger partial charge in [-0.1, -0.05) is 36.4 Å². The molecule has 1 aliphatic rings. The molecule has 22 heavy (non-hydrogen) atoms. The molecular weight excluding hydrogens is 270 g/mol. The highest BCUT2D eigenvalue weighted by atomic mass is 16.5. The molecule has 0 saturated carbocycles. The highest BCUT2D eigenvalue weighted by Crippen LogP contribution is 2.29. The SMILES string of the molecule is COc1ccc2cc(CN3CCc4ccccc43)ccc2c1. The summed E-state index contributed by atoms with van der Waals surface area (Å²) in [6.07, 6.45) is 1.15. The molecule has 0 radical (unpaired) electrons. The van der Waals surface area contributed by atoms with Crippen molar-refractivity contribution in [3.8, 4) is 5.75 Å². The Balaban J connectivity index is 1.63. The van der Waals surface area contributed by atoms with Gasteiger partial charge in [0.25, 0.3) is 0 Å². The fraction of sp³-hybridized carbons (Fsp3) is 0.200. The van der Waals surface area contributed by atoms with Gasteiger partial charge in [-0.3, -0.25) is 0 Å². The number of para-hydroxylation sites is 1. The summed E-state index contributed by atoms with van der Waals surface area (Å²) in [4.78, 5) is 2.47. The monoisotopic (exact) mass is 289 g/mol. The highest BCUT2D eigenvalue weighted by Gasteiger charge is 2.18. The van der Waals surface area contributed by atoms with Crippen LogP contribution in [0.3, 0.4) is 0 Å². The number of hydrogen-bond donors (Lipinski definition) is 0. The van der Waals surface area contributed by atoms with Gasteiger partial charge in [0.05, 0.1) is 7.11 Å². The average molecular weight is 289 g/mol. The molecule has 3 aromatic carbocycles. The smallest absolute Gasteiger partial charge is 0.119 e. The van der Waals surface area contributed by atoms with E-state index in [1.54, 1.807) is 7.11 Å². The molecule has 1 heterocycles. The Morgan fingerprint density at radius 3 is 2.68 bits per heavy atom. The fourth-order valence-corrected chi connectivity index (χ4v) is 3.29. The normalized spacial score (nSPS) is 13.4. The van der Waals surface area contributed by atoms with Gasteiger partial charge in [0.15, 0.2) is 0 Å².